The SMILES string of the molecule is CCCC[C@@H](c1ccccc1)N1CCCCC1. The Morgan fingerprint density at radius 2 is 1.76 bits per heavy atom. The maximum absolute atomic E-state index is 2.70. The molecule has 0 aromatic heterocycles. The monoisotopic (exact) mass is 231 g/mol. The van der Waals surface area contributed by atoms with Crippen LogP contribution in [0, 0.1) is 0 Å². The lowest BCUT2D eigenvalue weighted by Gasteiger charge is -2.35. The molecule has 1 aliphatic heterocycles. The summed E-state index contributed by atoms with van der Waals surface area (Å²) in [5.74, 6) is 0. The maximum Gasteiger partial charge on any atom is 0.0348 e. The van der Waals surface area contributed by atoms with Crippen molar-refractivity contribution >= 4 is 0 Å². The van der Waals surface area contributed by atoms with Crippen LogP contribution in [-0.2, 0) is 0 Å². The van der Waals surface area contributed by atoms with Gasteiger partial charge in [0.2, 0.25) is 0 Å². The van der Waals surface area contributed by atoms with Crippen LogP contribution in [0.5, 0.6) is 0 Å². The summed E-state index contributed by atoms with van der Waals surface area (Å²) in [7, 11) is 0. The Balaban J connectivity index is 2.06. The summed E-state index contributed by atoms with van der Waals surface area (Å²) in [6, 6.07) is 11.7. The van der Waals surface area contributed by atoms with Crippen LogP contribution in [0.15, 0.2) is 30.3 Å². The molecule has 0 spiro atoms. The van der Waals surface area contributed by atoms with E-state index in [1.54, 1.807) is 0 Å². The van der Waals surface area contributed by atoms with Gasteiger partial charge in [0.05, 0.1) is 0 Å². The molecule has 1 aliphatic rings. The minimum absolute atomic E-state index is 0.663. The molecule has 0 saturated carbocycles. The van der Waals surface area contributed by atoms with Crippen molar-refractivity contribution in [3.63, 3.8) is 0 Å². The van der Waals surface area contributed by atoms with Gasteiger partial charge in [-0.15, -0.1) is 0 Å². The number of rotatable bonds is 5. The molecule has 1 heterocycles. The van der Waals surface area contributed by atoms with Crippen LogP contribution in [0.2, 0.25) is 0 Å². The third-order valence-electron chi connectivity index (χ3n) is 3.85. The normalized spacial score (nSPS) is 19.1. The lowest BCUT2D eigenvalue weighted by Crippen LogP contribution is -2.33. The van der Waals surface area contributed by atoms with Gasteiger partial charge < -0.3 is 0 Å². The first kappa shape index (κ1) is 12.6. The fourth-order valence-corrected chi connectivity index (χ4v) is 2.86. The molecule has 1 heteroatoms. The quantitative estimate of drug-likeness (QED) is 0.726. The van der Waals surface area contributed by atoms with E-state index in [1.807, 2.05) is 0 Å². The van der Waals surface area contributed by atoms with Crippen LogP contribution in [0.1, 0.15) is 57.1 Å². The summed E-state index contributed by atoms with van der Waals surface area (Å²) in [4.78, 5) is 2.70. The fraction of sp³-hybridized carbons (Fsp3) is 0.625. The number of nitrogens with zero attached hydrogens (tertiary/aromatic N) is 1. The molecule has 0 bridgehead atoms. The molecule has 0 radical (unpaired) electrons. The van der Waals surface area contributed by atoms with E-state index in [4.69, 9.17) is 0 Å². The first-order valence-electron chi connectivity index (χ1n) is 7.21. The number of piperidine rings is 1. The average Bonchev–Trinajstić information content (AvgIpc) is 2.42. The van der Waals surface area contributed by atoms with Crippen molar-refractivity contribution in [2.45, 2.75) is 51.5 Å². The number of benzene rings is 1. The smallest absolute Gasteiger partial charge is 0.0348 e. The van der Waals surface area contributed by atoms with E-state index in [0.29, 0.717) is 6.04 Å². The van der Waals surface area contributed by atoms with Crippen molar-refractivity contribution in [3.8, 4) is 0 Å². The van der Waals surface area contributed by atoms with Crippen molar-refractivity contribution in [1.29, 1.82) is 0 Å². The van der Waals surface area contributed by atoms with E-state index in [1.165, 1.54) is 57.2 Å². The largest absolute Gasteiger partial charge is 0.296 e. The standard InChI is InChI=1S/C16H25N/c1-2-3-12-16(15-10-6-4-7-11-15)17-13-8-5-9-14-17/h4,6-7,10-11,16H,2-3,5,8-9,12-14H2,1H3/t16-/m0/s1. The molecule has 94 valence electrons. The number of hydrogen-bond acceptors (Lipinski definition) is 1. The van der Waals surface area contributed by atoms with Gasteiger partial charge in [-0.3, -0.25) is 4.90 Å². The van der Waals surface area contributed by atoms with Gasteiger partial charge in [-0.1, -0.05) is 56.5 Å². The Bertz CT molecular complexity index is 301. The highest BCUT2D eigenvalue weighted by Gasteiger charge is 2.21. The minimum atomic E-state index is 0.663. The van der Waals surface area contributed by atoms with E-state index < -0.39 is 0 Å². The molecular formula is C16H25N. The third kappa shape index (κ3) is 3.57. The van der Waals surface area contributed by atoms with Crippen molar-refractivity contribution in [2.24, 2.45) is 0 Å². The van der Waals surface area contributed by atoms with Gasteiger partial charge in [0.1, 0.15) is 0 Å². The number of likely N-dealkylation sites (tertiary alicyclic amines) is 1. The summed E-state index contributed by atoms with van der Waals surface area (Å²) in [6.07, 6.45) is 8.16. The Hall–Kier alpha value is -0.820. The molecule has 1 nitrogen and oxygen atoms in total. The summed E-state index contributed by atoms with van der Waals surface area (Å²) in [5, 5.41) is 0. The second-order valence-corrected chi connectivity index (χ2v) is 5.17. The Kier molecular flexibility index (Phi) is 5.06. The Morgan fingerprint density at radius 1 is 1.06 bits per heavy atom. The minimum Gasteiger partial charge on any atom is -0.296 e. The zero-order chi connectivity index (χ0) is 11.9. The van der Waals surface area contributed by atoms with E-state index >= 15 is 0 Å². The highest BCUT2D eigenvalue weighted by Crippen LogP contribution is 2.28. The average molecular weight is 231 g/mol. The van der Waals surface area contributed by atoms with Crippen LogP contribution in [-0.4, -0.2) is 18.0 Å². The van der Waals surface area contributed by atoms with Gasteiger partial charge in [0.15, 0.2) is 0 Å². The lowest BCUT2D eigenvalue weighted by atomic mass is 9.97. The summed E-state index contributed by atoms with van der Waals surface area (Å²) < 4.78 is 0. The van der Waals surface area contributed by atoms with Gasteiger partial charge in [-0.2, -0.15) is 0 Å². The predicted octanol–water partition coefficient (Wildman–Crippen LogP) is 4.40. The van der Waals surface area contributed by atoms with E-state index in [9.17, 15) is 0 Å². The van der Waals surface area contributed by atoms with Crippen LogP contribution < -0.4 is 0 Å². The van der Waals surface area contributed by atoms with E-state index in [0.717, 1.165) is 0 Å². The van der Waals surface area contributed by atoms with Crippen LogP contribution in [0.25, 0.3) is 0 Å². The fourth-order valence-electron chi connectivity index (χ4n) is 2.86. The van der Waals surface area contributed by atoms with Gasteiger partial charge >= 0.3 is 0 Å². The van der Waals surface area contributed by atoms with Crippen LogP contribution in [0.3, 0.4) is 0 Å². The maximum atomic E-state index is 2.70. The number of unbranched alkanes of at least 4 members (excludes halogenated alkanes) is 1. The third-order valence-corrected chi connectivity index (χ3v) is 3.85. The molecule has 1 atom stereocenters. The lowest BCUT2D eigenvalue weighted by molar-refractivity contribution is 0.153. The zero-order valence-corrected chi connectivity index (χ0v) is 11.1. The second-order valence-electron chi connectivity index (χ2n) is 5.17. The van der Waals surface area contributed by atoms with Crippen molar-refractivity contribution in [2.75, 3.05) is 13.1 Å². The predicted molar refractivity (Wildman–Crippen MR) is 74.1 cm³/mol. The Labute approximate surface area is 106 Å². The van der Waals surface area contributed by atoms with E-state index in [2.05, 4.69) is 42.2 Å². The molecule has 0 unspecified atom stereocenters. The summed E-state index contributed by atoms with van der Waals surface area (Å²) in [6.45, 7) is 4.88. The molecule has 1 fully saturated rings. The summed E-state index contributed by atoms with van der Waals surface area (Å²) >= 11 is 0. The van der Waals surface area contributed by atoms with Crippen molar-refractivity contribution in [1.82, 2.24) is 4.90 Å². The van der Waals surface area contributed by atoms with Crippen LogP contribution in [0.4, 0.5) is 0 Å². The zero-order valence-electron chi connectivity index (χ0n) is 11.1. The van der Waals surface area contributed by atoms with E-state index in [-0.39, 0.29) is 0 Å². The topological polar surface area (TPSA) is 3.24 Å². The van der Waals surface area contributed by atoms with Crippen LogP contribution >= 0.6 is 0 Å². The van der Waals surface area contributed by atoms with Crippen molar-refractivity contribution in [3.05, 3.63) is 35.9 Å². The Morgan fingerprint density at radius 3 is 2.41 bits per heavy atom. The van der Waals surface area contributed by atoms with Gasteiger partial charge in [0, 0.05) is 6.04 Å². The molecule has 1 aromatic rings. The molecule has 1 aromatic carbocycles. The van der Waals surface area contributed by atoms with Gasteiger partial charge in [-0.05, 0) is 37.9 Å². The van der Waals surface area contributed by atoms with Gasteiger partial charge in [0.25, 0.3) is 0 Å². The highest BCUT2D eigenvalue weighted by molar-refractivity contribution is 5.19. The molecule has 1 saturated heterocycles. The molecule has 17 heavy (non-hydrogen) atoms. The molecule has 2 rings (SSSR count). The van der Waals surface area contributed by atoms with Crippen molar-refractivity contribution < 1.29 is 0 Å². The second kappa shape index (κ2) is 6.80. The summed E-state index contributed by atoms with van der Waals surface area (Å²) in [5.41, 5.74) is 1.52. The first-order valence-corrected chi connectivity index (χ1v) is 7.21. The molecule has 0 N–H and O–H groups in total. The molecular weight excluding hydrogens is 206 g/mol. The molecule has 0 aliphatic carbocycles. The van der Waals surface area contributed by atoms with Gasteiger partial charge in [-0.25, -0.2) is 0 Å². The molecule has 0 amide bonds. The number of hydrogen-bond donors (Lipinski definition) is 0. The highest BCUT2D eigenvalue weighted by atomic mass is 15.2. The first-order chi connectivity index (χ1) is 8.42.